The van der Waals surface area contributed by atoms with Gasteiger partial charge in [0.25, 0.3) is 5.91 Å². The van der Waals surface area contributed by atoms with E-state index in [-0.39, 0.29) is 11.3 Å². The van der Waals surface area contributed by atoms with Crippen LogP contribution in [0.25, 0.3) is 6.08 Å². The van der Waals surface area contributed by atoms with Crippen molar-refractivity contribution in [3.8, 4) is 17.6 Å². The summed E-state index contributed by atoms with van der Waals surface area (Å²) in [5.74, 6) is -0.0533. The molecule has 0 fully saturated rings. The molecule has 0 aliphatic rings. The first-order valence-corrected chi connectivity index (χ1v) is 7.91. The number of phenolic OH excluding ortho intramolecular Hbond substituents is 1. The third-order valence-corrected chi connectivity index (χ3v) is 3.70. The number of nitrogens with one attached hydrogen (secondary N) is 1. The van der Waals surface area contributed by atoms with Crippen LogP contribution in [0.1, 0.15) is 23.6 Å². The summed E-state index contributed by atoms with van der Waals surface area (Å²) in [4.78, 5) is 12.4. The van der Waals surface area contributed by atoms with Gasteiger partial charge in [0.05, 0.1) is 6.61 Å². The molecule has 5 nitrogen and oxygen atoms in total. The molecule has 0 unspecified atom stereocenters. The molecule has 0 bridgehead atoms. The van der Waals surface area contributed by atoms with Gasteiger partial charge in [-0.1, -0.05) is 18.2 Å². The summed E-state index contributed by atoms with van der Waals surface area (Å²) in [5.41, 5.74) is 2.78. The number of amides is 1. The summed E-state index contributed by atoms with van der Waals surface area (Å²) < 4.78 is 5.30. The van der Waals surface area contributed by atoms with E-state index in [2.05, 4.69) is 5.32 Å². The van der Waals surface area contributed by atoms with Crippen LogP contribution < -0.4 is 10.1 Å². The monoisotopic (exact) mass is 336 g/mol. The Morgan fingerprint density at radius 3 is 2.52 bits per heavy atom. The number of aryl methyl sites for hydroxylation is 2. The zero-order valence-corrected chi connectivity index (χ0v) is 14.5. The highest BCUT2D eigenvalue weighted by atomic mass is 16.5. The molecule has 5 heteroatoms. The van der Waals surface area contributed by atoms with Gasteiger partial charge in [0.15, 0.2) is 0 Å². The van der Waals surface area contributed by atoms with E-state index in [0.29, 0.717) is 23.6 Å². The van der Waals surface area contributed by atoms with E-state index < -0.39 is 5.91 Å². The number of nitrogens with zero attached hydrogens (tertiary/aromatic N) is 1. The molecule has 0 aliphatic heterocycles. The maximum absolute atomic E-state index is 12.4. The average molecular weight is 336 g/mol. The largest absolute Gasteiger partial charge is 0.507 e. The highest BCUT2D eigenvalue weighted by Crippen LogP contribution is 2.26. The van der Waals surface area contributed by atoms with Gasteiger partial charge in [-0.25, -0.2) is 0 Å². The first-order valence-electron chi connectivity index (χ1n) is 7.91. The van der Waals surface area contributed by atoms with Gasteiger partial charge in [0.1, 0.15) is 23.1 Å². The van der Waals surface area contributed by atoms with Crippen molar-refractivity contribution in [3.05, 3.63) is 58.7 Å². The molecule has 128 valence electrons. The lowest BCUT2D eigenvalue weighted by atomic mass is 10.1. The average Bonchev–Trinajstić information content (AvgIpc) is 2.58. The fourth-order valence-electron chi connectivity index (χ4n) is 2.40. The van der Waals surface area contributed by atoms with Gasteiger partial charge < -0.3 is 15.2 Å². The van der Waals surface area contributed by atoms with E-state index in [1.54, 1.807) is 12.1 Å². The molecule has 2 N–H and O–H groups in total. The summed E-state index contributed by atoms with van der Waals surface area (Å²) in [7, 11) is 0. The summed E-state index contributed by atoms with van der Waals surface area (Å²) in [5, 5.41) is 22.1. The Balaban J connectivity index is 2.28. The number of phenols is 1. The second-order valence-corrected chi connectivity index (χ2v) is 5.54. The van der Waals surface area contributed by atoms with E-state index in [1.165, 1.54) is 12.1 Å². The van der Waals surface area contributed by atoms with Crippen LogP contribution in [-0.4, -0.2) is 17.6 Å². The zero-order chi connectivity index (χ0) is 18.4. The molecule has 0 saturated carbocycles. The van der Waals surface area contributed by atoms with Crippen molar-refractivity contribution in [2.75, 3.05) is 11.9 Å². The Hall–Kier alpha value is -3.26. The topological polar surface area (TPSA) is 82.3 Å². The van der Waals surface area contributed by atoms with Crippen molar-refractivity contribution < 1.29 is 14.6 Å². The number of nitriles is 1. The second kappa shape index (κ2) is 8.02. The number of carbonyl (C=O) groups excluding carboxylic acids is 1. The number of aromatic hydroxyl groups is 1. The van der Waals surface area contributed by atoms with Crippen LogP contribution in [0, 0.1) is 25.2 Å². The van der Waals surface area contributed by atoms with Gasteiger partial charge in [-0.3, -0.25) is 4.79 Å². The van der Waals surface area contributed by atoms with Crippen molar-refractivity contribution in [2.45, 2.75) is 20.8 Å². The molecule has 2 aromatic carbocycles. The summed E-state index contributed by atoms with van der Waals surface area (Å²) in [6.07, 6.45) is 1.36. The number of ether oxygens (including phenoxy) is 1. The Morgan fingerprint density at radius 1 is 1.28 bits per heavy atom. The van der Waals surface area contributed by atoms with Crippen LogP contribution >= 0.6 is 0 Å². The van der Waals surface area contributed by atoms with Crippen LogP contribution in [0.3, 0.4) is 0 Å². The first kappa shape index (κ1) is 18.1. The van der Waals surface area contributed by atoms with Crippen LogP contribution in [0.2, 0.25) is 0 Å². The number of para-hydroxylation sites is 1. The fourth-order valence-corrected chi connectivity index (χ4v) is 2.40. The van der Waals surface area contributed by atoms with Gasteiger partial charge in [0.2, 0.25) is 0 Å². The number of benzene rings is 2. The number of hydrogen-bond acceptors (Lipinski definition) is 4. The minimum Gasteiger partial charge on any atom is -0.507 e. The summed E-state index contributed by atoms with van der Waals surface area (Å²) in [6.45, 7) is 6.10. The molecule has 1 amide bonds. The predicted molar refractivity (Wildman–Crippen MR) is 97.4 cm³/mol. The lowest BCUT2D eigenvalue weighted by Gasteiger charge is -2.11. The van der Waals surface area contributed by atoms with Crippen molar-refractivity contribution in [1.82, 2.24) is 0 Å². The molecule has 0 saturated heterocycles. The van der Waals surface area contributed by atoms with Gasteiger partial charge in [-0.05, 0) is 50.1 Å². The molecule has 2 aromatic rings. The molecule has 0 aliphatic carbocycles. The predicted octanol–water partition coefficient (Wildman–Crippen LogP) is 3.95. The Bertz CT molecular complexity index is 843. The molecule has 0 spiro atoms. The number of rotatable bonds is 5. The Kier molecular flexibility index (Phi) is 5.80. The maximum atomic E-state index is 12.4. The minimum atomic E-state index is -0.520. The van der Waals surface area contributed by atoms with Gasteiger partial charge >= 0.3 is 0 Å². The van der Waals surface area contributed by atoms with Gasteiger partial charge in [-0.2, -0.15) is 5.26 Å². The highest BCUT2D eigenvalue weighted by Gasteiger charge is 2.13. The van der Waals surface area contributed by atoms with Crippen molar-refractivity contribution >= 4 is 17.7 Å². The highest BCUT2D eigenvalue weighted by molar-refractivity contribution is 6.10. The molecule has 0 aromatic heterocycles. The third kappa shape index (κ3) is 4.39. The molecule has 2 rings (SSSR count). The van der Waals surface area contributed by atoms with Crippen LogP contribution in [0.15, 0.2) is 42.0 Å². The van der Waals surface area contributed by atoms with E-state index in [4.69, 9.17) is 4.74 Å². The van der Waals surface area contributed by atoms with E-state index >= 15 is 0 Å². The van der Waals surface area contributed by atoms with E-state index in [1.807, 2.05) is 45.0 Å². The van der Waals surface area contributed by atoms with Crippen LogP contribution in [0.4, 0.5) is 5.69 Å². The molecule has 0 atom stereocenters. The Labute approximate surface area is 147 Å². The van der Waals surface area contributed by atoms with Crippen molar-refractivity contribution in [3.63, 3.8) is 0 Å². The lowest BCUT2D eigenvalue weighted by molar-refractivity contribution is -0.112. The minimum absolute atomic E-state index is 0.0569. The van der Waals surface area contributed by atoms with Gasteiger partial charge in [0, 0.05) is 17.3 Å². The lowest BCUT2D eigenvalue weighted by Crippen LogP contribution is -2.15. The SMILES string of the molecule is CCOc1ccc(C=C(C#N)C(=O)Nc2c(C)cccc2C)c(O)c1. The van der Waals surface area contributed by atoms with Crippen LogP contribution in [0.5, 0.6) is 11.5 Å². The molecular formula is C20H20N2O3. The number of hydrogen-bond donors (Lipinski definition) is 2. The molecule has 0 heterocycles. The number of carbonyl (C=O) groups is 1. The molecular weight excluding hydrogens is 316 g/mol. The second-order valence-electron chi connectivity index (χ2n) is 5.54. The quantitative estimate of drug-likeness (QED) is 0.640. The zero-order valence-electron chi connectivity index (χ0n) is 14.5. The summed E-state index contributed by atoms with van der Waals surface area (Å²) >= 11 is 0. The normalized spacial score (nSPS) is 10.9. The summed E-state index contributed by atoms with van der Waals surface area (Å²) in [6, 6.07) is 12.3. The Morgan fingerprint density at radius 2 is 1.96 bits per heavy atom. The van der Waals surface area contributed by atoms with Crippen molar-refractivity contribution in [1.29, 1.82) is 5.26 Å². The van der Waals surface area contributed by atoms with Gasteiger partial charge in [-0.15, -0.1) is 0 Å². The third-order valence-electron chi connectivity index (χ3n) is 3.70. The first-order chi connectivity index (χ1) is 12.0. The standard InChI is InChI=1S/C20H20N2O3/c1-4-25-17-9-8-15(18(23)11-17)10-16(12-21)20(24)22-19-13(2)6-5-7-14(19)3/h5-11,23H,4H2,1-3H3,(H,22,24). The van der Waals surface area contributed by atoms with Crippen molar-refractivity contribution in [2.24, 2.45) is 0 Å². The number of anilines is 1. The van der Waals surface area contributed by atoms with E-state index in [9.17, 15) is 15.2 Å². The molecule has 25 heavy (non-hydrogen) atoms. The van der Waals surface area contributed by atoms with Crippen LogP contribution in [-0.2, 0) is 4.79 Å². The maximum Gasteiger partial charge on any atom is 0.266 e. The fraction of sp³-hybridized carbons (Fsp3) is 0.200. The van der Waals surface area contributed by atoms with E-state index in [0.717, 1.165) is 11.1 Å². The molecule has 0 radical (unpaired) electrons. The smallest absolute Gasteiger partial charge is 0.266 e.